The van der Waals surface area contributed by atoms with Crippen LogP contribution in [-0.2, 0) is 0 Å². The third-order valence-electron chi connectivity index (χ3n) is 4.61. The van der Waals surface area contributed by atoms with Gasteiger partial charge < -0.3 is 4.90 Å². The lowest BCUT2D eigenvalue weighted by molar-refractivity contribution is 0.106. The number of nitrogens with zero attached hydrogens (tertiary/aromatic N) is 2. The number of fused-ring (bicyclic) bond motifs is 4. The standard InChI is InChI=1S/C19H16N2O/c1-4-15-13-10-9-11(2)12(3)17(13)20-19-18(22)14-7-5-6-8-16(14)21(15)19/h4-10,15H,1H2,2-3H3/t15-/m0/s1. The topological polar surface area (TPSA) is 32.7 Å². The van der Waals surface area contributed by atoms with Crippen LogP contribution in [-0.4, -0.2) is 11.6 Å². The predicted octanol–water partition coefficient (Wildman–Crippen LogP) is 4.28. The van der Waals surface area contributed by atoms with Crippen LogP contribution < -0.4 is 4.90 Å². The van der Waals surface area contributed by atoms with Crippen molar-refractivity contribution in [2.75, 3.05) is 4.90 Å². The number of rotatable bonds is 1. The van der Waals surface area contributed by atoms with Crippen LogP contribution in [0.15, 0.2) is 54.0 Å². The van der Waals surface area contributed by atoms with E-state index < -0.39 is 0 Å². The average molecular weight is 288 g/mol. The number of hydrogen-bond donors (Lipinski definition) is 0. The van der Waals surface area contributed by atoms with Gasteiger partial charge in [0.2, 0.25) is 5.78 Å². The van der Waals surface area contributed by atoms with Crippen LogP contribution in [0.2, 0.25) is 0 Å². The second kappa shape index (κ2) is 4.41. The van der Waals surface area contributed by atoms with Crippen LogP contribution in [0.4, 0.5) is 11.4 Å². The van der Waals surface area contributed by atoms with Gasteiger partial charge in [-0.1, -0.05) is 30.3 Å². The summed E-state index contributed by atoms with van der Waals surface area (Å²) in [5.74, 6) is 0.501. The molecule has 0 fully saturated rings. The molecule has 2 aromatic carbocycles. The number of aryl methyl sites for hydroxylation is 1. The lowest BCUT2D eigenvalue weighted by Gasteiger charge is -2.33. The van der Waals surface area contributed by atoms with Crippen molar-refractivity contribution in [2.45, 2.75) is 19.9 Å². The van der Waals surface area contributed by atoms with E-state index >= 15 is 0 Å². The van der Waals surface area contributed by atoms with Gasteiger partial charge in [0, 0.05) is 11.1 Å². The number of hydrogen-bond acceptors (Lipinski definition) is 3. The van der Waals surface area contributed by atoms with Crippen molar-refractivity contribution in [3.63, 3.8) is 0 Å². The Bertz CT molecular complexity index is 864. The number of carbonyl (C=O) groups excluding carboxylic acids is 1. The maximum absolute atomic E-state index is 12.7. The second-order valence-electron chi connectivity index (χ2n) is 5.78. The fourth-order valence-electron chi connectivity index (χ4n) is 3.29. The van der Waals surface area contributed by atoms with Gasteiger partial charge >= 0.3 is 0 Å². The van der Waals surface area contributed by atoms with E-state index in [0.717, 1.165) is 28.1 Å². The van der Waals surface area contributed by atoms with Gasteiger partial charge in [0.1, 0.15) is 0 Å². The van der Waals surface area contributed by atoms with E-state index in [1.54, 1.807) is 0 Å². The number of anilines is 1. The van der Waals surface area contributed by atoms with Crippen molar-refractivity contribution < 1.29 is 4.79 Å². The Balaban J connectivity index is 2.03. The Labute approximate surface area is 129 Å². The summed E-state index contributed by atoms with van der Waals surface area (Å²) in [6, 6.07) is 11.8. The minimum absolute atomic E-state index is 0.00555. The zero-order valence-electron chi connectivity index (χ0n) is 12.6. The molecule has 2 aliphatic heterocycles. The maximum atomic E-state index is 12.7. The summed E-state index contributed by atoms with van der Waals surface area (Å²) in [5.41, 5.74) is 5.96. The first-order valence-electron chi connectivity index (χ1n) is 7.38. The summed E-state index contributed by atoms with van der Waals surface area (Å²) in [6.45, 7) is 8.11. The molecule has 0 saturated carbocycles. The molecule has 0 aromatic heterocycles. The summed E-state index contributed by atoms with van der Waals surface area (Å²) in [4.78, 5) is 19.4. The normalized spacial score (nSPS) is 18.5. The van der Waals surface area contributed by atoms with Crippen molar-refractivity contribution >= 4 is 23.0 Å². The van der Waals surface area contributed by atoms with E-state index in [1.165, 1.54) is 5.56 Å². The Morgan fingerprint density at radius 3 is 2.73 bits per heavy atom. The molecule has 0 bridgehead atoms. The number of Topliss-reactive ketones (excluding diaryl/α,β-unsaturated/α-hetero) is 1. The molecule has 0 N–H and O–H groups in total. The molecule has 108 valence electrons. The Kier molecular flexibility index (Phi) is 2.61. The molecule has 3 heteroatoms. The molecular weight excluding hydrogens is 272 g/mol. The van der Waals surface area contributed by atoms with Crippen molar-refractivity contribution in [1.82, 2.24) is 0 Å². The molecule has 0 saturated heterocycles. The number of aliphatic imine (C=N–C) groups is 1. The fraction of sp³-hybridized carbons (Fsp3) is 0.158. The highest BCUT2D eigenvalue weighted by molar-refractivity contribution is 6.55. The Hall–Kier alpha value is -2.68. The highest BCUT2D eigenvalue weighted by atomic mass is 16.1. The van der Waals surface area contributed by atoms with Gasteiger partial charge in [0.05, 0.1) is 17.4 Å². The van der Waals surface area contributed by atoms with Gasteiger partial charge in [-0.3, -0.25) is 4.79 Å². The lowest BCUT2D eigenvalue weighted by Crippen LogP contribution is -2.35. The van der Waals surface area contributed by atoms with E-state index in [4.69, 9.17) is 4.99 Å². The van der Waals surface area contributed by atoms with Crippen LogP contribution in [0.3, 0.4) is 0 Å². The zero-order chi connectivity index (χ0) is 15.4. The first kappa shape index (κ1) is 13.0. The molecular formula is C19H16N2O. The van der Waals surface area contributed by atoms with E-state index in [-0.39, 0.29) is 11.8 Å². The van der Waals surface area contributed by atoms with E-state index in [2.05, 4.69) is 32.6 Å². The van der Waals surface area contributed by atoms with Crippen molar-refractivity contribution in [3.8, 4) is 0 Å². The molecule has 22 heavy (non-hydrogen) atoms. The molecule has 0 amide bonds. The molecule has 4 rings (SSSR count). The van der Waals surface area contributed by atoms with E-state index in [1.807, 2.05) is 35.2 Å². The molecule has 0 unspecified atom stereocenters. The van der Waals surface area contributed by atoms with Gasteiger partial charge in [-0.05, 0) is 37.1 Å². The molecule has 2 heterocycles. The number of para-hydroxylation sites is 1. The molecule has 0 aliphatic carbocycles. The number of amidine groups is 1. The quantitative estimate of drug-likeness (QED) is 0.734. The van der Waals surface area contributed by atoms with Gasteiger partial charge in [-0.15, -0.1) is 6.58 Å². The van der Waals surface area contributed by atoms with Crippen molar-refractivity contribution in [1.29, 1.82) is 0 Å². The summed E-state index contributed by atoms with van der Waals surface area (Å²) in [7, 11) is 0. The number of ketones is 1. The number of benzene rings is 2. The SMILES string of the molecule is C=C[C@H]1c2ccc(C)c(C)c2N=C2C(=O)c3ccccc3N21. The zero-order valence-corrected chi connectivity index (χ0v) is 12.6. The number of carbonyl (C=O) groups is 1. The Morgan fingerprint density at radius 2 is 1.95 bits per heavy atom. The summed E-state index contributed by atoms with van der Waals surface area (Å²) >= 11 is 0. The molecule has 3 nitrogen and oxygen atoms in total. The molecule has 0 radical (unpaired) electrons. The summed E-state index contributed by atoms with van der Waals surface area (Å²) < 4.78 is 0. The maximum Gasteiger partial charge on any atom is 0.230 e. The minimum Gasteiger partial charge on any atom is -0.311 e. The van der Waals surface area contributed by atoms with Crippen LogP contribution in [0, 0.1) is 13.8 Å². The van der Waals surface area contributed by atoms with Gasteiger partial charge in [-0.2, -0.15) is 0 Å². The van der Waals surface area contributed by atoms with Gasteiger partial charge in [0.25, 0.3) is 0 Å². The van der Waals surface area contributed by atoms with Crippen molar-refractivity contribution in [3.05, 3.63) is 71.3 Å². The first-order valence-corrected chi connectivity index (χ1v) is 7.38. The second-order valence-corrected chi connectivity index (χ2v) is 5.78. The third-order valence-corrected chi connectivity index (χ3v) is 4.61. The van der Waals surface area contributed by atoms with Crippen LogP contribution in [0.25, 0.3) is 0 Å². The van der Waals surface area contributed by atoms with Gasteiger partial charge in [-0.25, -0.2) is 4.99 Å². The monoisotopic (exact) mass is 288 g/mol. The van der Waals surface area contributed by atoms with E-state index in [9.17, 15) is 4.79 Å². The lowest BCUT2D eigenvalue weighted by atomic mass is 9.95. The molecule has 2 aromatic rings. The fourth-order valence-corrected chi connectivity index (χ4v) is 3.29. The Morgan fingerprint density at radius 1 is 1.18 bits per heavy atom. The smallest absolute Gasteiger partial charge is 0.230 e. The van der Waals surface area contributed by atoms with Crippen LogP contribution >= 0.6 is 0 Å². The molecule has 2 aliphatic rings. The summed E-state index contributed by atoms with van der Waals surface area (Å²) in [5, 5.41) is 0. The van der Waals surface area contributed by atoms with Gasteiger partial charge in [0.15, 0.2) is 5.84 Å². The largest absolute Gasteiger partial charge is 0.311 e. The van der Waals surface area contributed by atoms with Crippen molar-refractivity contribution in [2.24, 2.45) is 4.99 Å². The molecule has 0 spiro atoms. The average Bonchev–Trinajstić information content (AvgIpc) is 2.83. The highest BCUT2D eigenvalue weighted by Gasteiger charge is 2.41. The molecule has 1 atom stereocenters. The minimum atomic E-state index is -0.0607. The summed E-state index contributed by atoms with van der Waals surface area (Å²) in [6.07, 6.45) is 1.89. The van der Waals surface area contributed by atoms with Crippen LogP contribution in [0.5, 0.6) is 0 Å². The highest BCUT2D eigenvalue weighted by Crippen LogP contribution is 2.45. The third kappa shape index (κ3) is 1.51. The van der Waals surface area contributed by atoms with E-state index in [0.29, 0.717) is 5.84 Å². The van der Waals surface area contributed by atoms with Crippen LogP contribution in [0.1, 0.15) is 33.1 Å². The first-order chi connectivity index (χ1) is 10.6. The predicted molar refractivity (Wildman–Crippen MR) is 89.2 cm³/mol.